The zero-order valence-corrected chi connectivity index (χ0v) is 38.0. The van der Waals surface area contributed by atoms with Crippen LogP contribution in [0, 0.1) is 5.92 Å². The number of unbranched alkanes of at least 4 members (excludes halogenated alkanes) is 17. The molecule has 0 unspecified atom stereocenters. The fraction of sp³-hybridized carbons (Fsp3) is 0.800. The standard InChI is InChI=1S/C45H81N2O9PS/c1-3-55-57(53,56-4-2)36-24-35-54-41-31-29-39(30-32-41)33-34-47-45(52)42(46)38-58-37-40(26-21-17-13-9-7-11-15-19-23-28-44(50)51)25-20-16-12-8-5-6-10-14-18-22-27-43(48)49/h29-32,40,42H,3-28,33-38,46H2,1-2H3,(H,47,52)(H,48,49)(H,50,51)/t40-,42+/m1/s1. The minimum Gasteiger partial charge on any atom is -0.494 e. The lowest BCUT2D eigenvalue weighted by molar-refractivity contribution is -0.138. The molecule has 0 aliphatic heterocycles. The molecule has 2 atom stereocenters. The maximum atomic E-state index is 12.8. The van der Waals surface area contributed by atoms with E-state index in [-0.39, 0.29) is 18.7 Å². The lowest BCUT2D eigenvalue weighted by Gasteiger charge is -2.18. The molecule has 336 valence electrons. The number of hydrogen-bond acceptors (Lipinski definition) is 9. The summed E-state index contributed by atoms with van der Waals surface area (Å²) in [5.41, 5.74) is 7.43. The Balaban J connectivity index is 2.35. The number of thioether (sulfide) groups is 1. The Bertz CT molecular complexity index is 1210. The third kappa shape index (κ3) is 31.8. The predicted octanol–water partition coefficient (Wildman–Crippen LogP) is 11.2. The van der Waals surface area contributed by atoms with Gasteiger partial charge in [-0.1, -0.05) is 121 Å². The lowest BCUT2D eigenvalue weighted by atomic mass is 9.95. The topological polar surface area (TPSA) is 174 Å². The van der Waals surface area contributed by atoms with E-state index in [1.807, 2.05) is 36.0 Å². The summed E-state index contributed by atoms with van der Waals surface area (Å²) in [6.45, 7) is 5.24. The van der Waals surface area contributed by atoms with Crippen LogP contribution in [0.5, 0.6) is 5.75 Å². The van der Waals surface area contributed by atoms with Gasteiger partial charge in [-0.25, -0.2) is 0 Å². The monoisotopic (exact) mass is 857 g/mol. The second-order valence-corrected chi connectivity index (χ2v) is 18.9. The van der Waals surface area contributed by atoms with Crippen LogP contribution in [0.15, 0.2) is 24.3 Å². The van der Waals surface area contributed by atoms with Crippen LogP contribution >= 0.6 is 19.4 Å². The molecule has 1 amide bonds. The zero-order valence-electron chi connectivity index (χ0n) is 36.3. The second-order valence-electron chi connectivity index (χ2n) is 15.6. The van der Waals surface area contributed by atoms with Crippen LogP contribution in [-0.2, 0) is 34.4 Å². The molecular weight excluding hydrogens is 776 g/mol. The molecule has 0 fully saturated rings. The Morgan fingerprint density at radius 2 is 1.12 bits per heavy atom. The number of carbonyl (C=O) groups is 3. The number of amides is 1. The van der Waals surface area contributed by atoms with Crippen molar-refractivity contribution in [1.82, 2.24) is 5.32 Å². The van der Waals surface area contributed by atoms with Gasteiger partial charge in [0.1, 0.15) is 5.75 Å². The van der Waals surface area contributed by atoms with Crippen molar-refractivity contribution in [2.24, 2.45) is 11.7 Å². The summed E-state index contributed by atoms with van der Waals surface area (Å²) in [5, 5.41) is 20.6. The van der Waals surface area contributed by atoms with Crippen LogP contribution in [0.1, 0.15) is 174 Å². The first-order valence-electron chi connectivity index (χ1n) is 22.7. The highest BCUT2D eigenvalue weighted by atomic mass is 32.2. The second kappa shape index (κ2) is 36.7. The molecule has 1 aromatic rings. The zero-order chi connectivity index (χ0) is 42.5. The van der Waals surface area contributed by atoms with Gasteiger partial charge in [0.25, 0.3) is 0 Å². The van der Waals surface area contributed by atoms with E-state index < -0.39 is 25.6 Å². The molecule has 0 saturated carbocycles. The van der Waals surface area contributed by atoms with Crippen molar-refractivity contribution in [3.05, 3.63) is 29.8 Å². The summed E-state index contributed by atoms with van der Waals surface area (Å²) in [7, 11) is -3.06. The highest BCUT2D eigenvalue weighted by Crippen LogP contribution is 2.48. The van der Waals surface area contributed by atoms with Gasteiger partial charge in [-0.15, -0.1) is 0 Å². The number of carboxylic acids is 2. The molecule has 5 N–H and O–H groups in total. The van der Waals surface area contributed by atoms with E-state index >= 15 is 0 Å². The van der Waals surface area contributed by atoms with E-state index in [9.17, 15) is 18.9 Å². The molecule has 11 nitrogen and oxygen atoms in total. The number of carbonyl (C=O) groups excluding carboxylic acids is 1. The molecule has 0 aliphatic carbocycles. The van der Waals surface area contributed by atoms with E-state index in [2.05, 4.69) is 5.32 Å². The van der Waals surface area contributed by atoms with Crippen LogP contribution in [0.3, 0.4) is 0 Å². The van der Waals surface area contributed by atoms with Crippen molar-refractivity contribution in [2.45, 2.75) is 180 Å². The largest absolute Gasteiger partial charge is 0.494 e. The molecule has 13 heteroatoms. The number of carboxylic acid groups (broad SMARTS) is 2. The normalized spacial score (nSPS) is 12.7. The molecule has 0 bridgehead atoms. The molecule has 0 heterocycles. The number of hydrogen-bond donors (Lipinski definition) is 4. The van der Waals surface area contributed by atoms with Gasteiger partial charge in [0, 0.05) is 25.1 Å². The van der Waals surface area contributed by atoms with Crippen LogP contribution in [-0.4, -0.2) is 78.1 Å². The molecule has 0 saturated heterocycles. The molecular formula is C45H81N2O9PS. The van der Waals surface area contributed by atoms with Crippen molar-refractivity contribution >= 4 is 37.2 Å². The van der Waals surface area contributed by atoms with E-state index in [4.69, 9.17) is 29.7 Å². The number of nitrogens with two attached hydrogens (primary N) is 1. The highest BCUT2D eigenvalue weighted by molar-refractivity contribution is 7.99. The molecule has 0 spiro atoms. The summed E-state index contributed by atoms with van der Waals surface area (Å²) in [4.78, 5) is 34.1. The summed E-state index contributed by atoms with van der Waals surface area (Å²) < 4.78 is 29.1. The Morgan fingerprint density at radius 3 is 1.57 bits per heavy atom. The Morgan fingerprint density at radius 1 is 0.672 bits per heavy atom. The van der Waals surface area contributed by atoms with Crippen molar-refractivity contribution in [2.75, 3.05) is 44.0 Å². The van der Waals surface area contributed by atoms with Crippen molar-refractivity contribution in [3.63, 3.8) is 0 Å². The van der Waals surface area contributed by atoms with Crippen LogP contribution < -0.4 is 15.8 Å². The Kier molecular flexibility index (Phi) is 34.1. The van der Waals surface area contributed by atoms with Gasteiger partial charge < -0.3 is 35.0 Å². The van der Waals surface area contributed by atoms with Gasteiger partial charge >= 0.3 is 19.5 Å². The van der Waals surface area contributed by atoms with Gasteiger partial charge in [0.2, 0.25) is 5.91 Å². The minimum absolute atomic E-state index is 0.109. The fourth-order valence-electron chi connectivity index (χ4n) is 7.04. The maximum Gasteiger partial charge on any atom is 0.330 e. The lowest BCUT2D eigenvalue weighted by Crippen LogP contribution is -2.43. The SMILES string of the molecule is CCOP(=O)(CCCOc1ccc(CCNC(=O)[C@@H](N)CSC[C@H](CCCCCCCCCCCCC(=O)O)CCCCCCCCCCCC(=O)O)cc1)OCC. The van der Waals surface area contributed by atoms with E-state index in [0.717, 1.165) is 55.6 Å². The smallest absolute Gasteiger partial charge is 0.330 e. The van der Waals surface area contributed by atoms with Crippen LogP contribution in [0.4, 0.5) is 0 Å². The quantitative estimate of drug-likeness (QED) is 0.0364. The summed E-state index contributed by atoms with van der Waals surface area (Å²) in [5.74, 6) is 1.52. The first-order chi connectivity index (χ1) is 28.1. The Labute approximate surface area is 356 Å². The highest BCUT2D eigenvalue weighted by Gasteiger charge is 2.22. The Hall–Kier alpha value is -2.11. The number of rotatable bonds is 42. The van der Waals surface area contributed by atoms with E-state index in [1.54, 1.807) is 13.8 Å². The van der Waals surface area contributed by atoms with Crippen molar-refractivity contribution < 1.29 is 42.9 Å². The van der Waals surface area contributed by atoms with Crippen LogP contribution in [0.25, 0.3) is 0 Å². The minimum atomic E-state index is -3.06. The van der Waals surface area contributed by atoms with Gasteiger partial charge in [-0.3, -0.25) is 18.9 Å². The van der Waals surface area contributed by atoms with Gasteiger partial charge in [0.05, 0.1) is 32.0 Å². The third-order valence-electron chi connectivity index (χ3n) is 10.4. The number of aliphatic carboxylic acids is 2. The summed E-state index contributed by atoms with van der Waals surface area (Å²) in [6, 6.07) is 7.27. The van der Waals surface area contributed by atoms with Crippen molar-refractivity contribution in [3.8, 4) is 5.75 Å². The molecule has 1 aromatic carbocycles. The van der Waals surface area contributed by atoms with Crippen LogP contribution in [0.2, 0.25) is 0 Å². The number of ether oxygens (including phenoxy) is 1. The average Bonchev–Trinajstić information content (AvgIpc) is 3.19. The molecule has 0 radical (unpaired) electrons. The maximum absolute atomic E-state index is 12.8. The van der Waals surface area contributed by atoms with Crippen molar-refractivity contribution in [1.29, 1.82) is 0 Å². The van der Waals surface area contributed by atoms with Gasteiger partial charge in [0.15, 0.2) is 0 Å². The molecule has 0 aromatic heterocycles. The van der Waals surface area contributed by atoms with E-state index in [0.29, 0.717) is 57.0 Å². The van der Waals surface area contributed by atoms with Gasteiger partial charge in [-0.05, 0) is 81.7 Å². The predicted molar refractivity (Wildman–Crippen MR) is 239 cm³/mol. The van der Waals surface area contributed by atoms with E-state index in [1.165, 1.54) is 96.3 Å². The summed E-state index contributed by atoms with van der Waals surface area (Å²) >= 11 is 1.81. The first-order valence-corrected chi connectivity index (χ1v) is 25.6. The van der Waals surface area contributed by atoms with Gasteiger partial charge in [-0.2, -0.15) is 11.8 Å². The molecule has 0 aliphatic rings. The average molecular weight is 857 g/mol. The first kappa shape index (κ1) is 53.9. The molecule has 58 heavy (non-hydrogen) atoms. The number of benzene rings is 1. The fourth-order valence-corrected chi connectivity index (χ4v) is 9.88. The third-order valence-corrected chi connectivity index (χ3v) is 13.8. The molecule has 1 rings (SSSR count). The summed E-state index contributed by atoms with van der Waals surface area (Å²) in [6.07, 6.45) is 26.7. The number of nitrogens with one attached hydrogen (secondary N) is 1.